The maximum Gasteiger partial charge on any atom is 0.326 e. The van der Waals surface area contributed by atoms with Crippen LogP contribution in [0, 0.1) is 5.92 Å². The number of carbonyl (C=O) groups excluding carboxylic acids is 3. The Morgan fingerprint density at radius 3 is 2.42 bits per heavy atom. The molecule has 33 heavy (non-hydrogen) atoms. The molecule has 1 aromatic rings. The van der Waals surface area contributed by atoms with Gasteiger partial charge < -0.3 is 26.0 Å². The highest BCUT2D eigenvalue weighted by atomic mass is 16.4. The first-order chi connectivity index (χ1) is 15.8. The van der Waals surface area contributed by atoms with Crippen LogP contribution < -0.4 is 16.0 Å². The van der Waals surface area contributed by atoms with Crippen LogP contribution in [0.1, 0.15) is 45.1 Å². The van der Waals surface area contributed by atoms with Gasteiger partial charge in [-0.05, 0) is 43.7 Å². The smallest absolute Gasteiger partial charge is 0.326 e. The lowest BCUT2D eigenvalue weighted by Crippen LogP contribution is -2.57. The molecular formula is C24H34N4O5. The van der Waals surface area contributed by atoms with Gasteiger partial charge in [-0.25, -0.2) is 4.79 Å². The first kappa shape index (κ1) is 24.7. The van der Waals surface area contributed by atoms with Crippen LogP contribution in [0.4, 0.5) is 0 Å². The highest BCUT2D eigenvalue weighted by molar-refractivity contribution is 5.94. The van der Waals surface area contributed by atoms with Crippen molar-refractivity contribution in [3.63, 3.8) is 0 Å². The summed E-state index contributed by atoms with van der Waals surface area (Å²) in [6.45, 7) is 4.73. The highest BCUT2D eigenvalue weighted by Crippen LogP contribution is 2.21. The number of rotatable bonds is 9. The number of nitrogens with one attached hydrogen (secondary N) is 3. The Bertz CT molecular complexity index is 854. The van der Waals surface area contributed by atoms with Gasteiger partial charge in [-0.15, -0.1) is 0 Å². The second-order valence-corrected chi connectivity index (χ2v) is 9.16. The summed E-state index contributed by atoms with van der Waals surface area (Å²) in [7, 11) is 0. The maximum absolute atomic E-state index is 13.2. The van der Waals surface area contributed by atoms with Crippen LogP contribution >= 0.6 is 0 Å². The summed E-state index contributed by atoms with van der Waals surface area (Å²) in [6, 6.07) is 6.32. The Balaban J connectivity index is 1.74. The molecule has 3 amide bonds. The average molecular weight is 459 g/mol. The van der Waals surface area contributed by atoms with Crippen molar-refractivity contribution in [3.05, 3.63) is 35.9 Å². The third-order valence-electron chi connectivity index (χ3n) is 6.34. The summed E-state index contributed by atoms with van der Waals surface area (Å²) in [4.78, 5) is 52.4. The van der Waals surface area contributed by atoms with E-state index in [-0.39, 0.29) is 30.2 Å². The molecule has 2 aliphatic heterocycles. The normalized spacial score (nSPS) is 22.1. The van der Waals surface area contributed by atoms with Crippen LogP contribution in [-0.2, 0) is 25.6 Å². The molecular weight excluding hydrogens is 424 g/mol. The Kier molecular flexibility index (Phi) is 8.43. The molecule has 0 spiro atoms. The summed E-state index contributed by atoms with van der Waals surface area (Å²) in [5.41, 5.74) is 0.837. The molecule has 2 fully saturated rings. The minimum Gasteiger partial charge on any atom is -0.480 e. The number of aliphatic carboxylic acids is 1. The summed E-state index contributed by atoms with van der Waals surface area (Å²) < 4.78 is 0. The average Bonchev–Trinajstić information content (AvgIpc) is 3.49. The molecule has 2 aliphatic rings. The molecule has 2 heterocycles. The molecule has 0 bridgehead atoms. The molecule has 0 radical (unpaired) electrons. The number of hydrogen-bond donors (Lipinski definition) is 4. The van der Waals surface area contributed by atoms with E-state index in [0.29, 0.717) is 13.0 Å². The van der Waals surface area contributed by atoms with E-state index in [1.807, 2.05) is 30.3 Å². The molecule has 9 nitrogen and oxygen atoms in total. The number of benzene rings is 1. The van der Waals surface area contributed by atoms with Crippen LogP contribution in [0.2, 0.25) is 0 Å². The number of carbonyl (C=O) groups is 4. The molecule has 1 aromatic carbocycles. The van der Waals surface area contributed by atoms with Gasteiger partial charge in [0.1, 0.15) is 18.1 Å². The number of amides is 3. The fraction of sp³-hybridized carbons (Fsp3) is 0.583. The molecule has 0 saturated carbocycles. The second-order valence-electron chi connectivity index (χ2n) is 9.16. The van der Waals surface area contributed by atoms with E-state index in [4.69, 9.17) is 0 Å². The Hall–Kier alpha value is -2.94. The fourth-order valence-electron chi connectivity index (χ4n) is 4.49. The third-order valence-corrected chi connectivity index (χ3v) is 6.34. The Labute approximate surface area is 194 Å². The van der Waals surface area contributed by atoms with Crippen molar-refractivity contribution in [2.75, 3.05) is 13.1 Å². The van der Waals surface area contributed by atoms with E-state index in [1.165, 1.54) is 0 Å². The summed E-state index contributed by atoms with van der Waals surface area (Å²) >= 11 is 0. The molecule has 2 saturated heterocycles. The fourth-order valence-corrected chi connectivity index (χ4v) is 4.49. The van der Waals surface area contributed by atoms with Crippen LogP contribution in [0.3, 0.4) is 0 Å². The summed E-state index contributed by atoms with van der Waals surface area (Å²) in [5.74, 6) is -2.45. The number of likely N-dealkylation sites (tertiary alicyclic amines) is 1. The number of carboxylic acid groups (broad SMARTS) is 1. The third kappa shape index (κ3) is 6.31. The zero-order valence-corrected chi connectivity index (χ0v) is 19.3. The maximum atomic E-state index is 13.2. The van der Waals surface area contributed by atoms with Crippen molar-refractivity contribution in [3.8, 4) is 0 Å². The van der Waals surface area contributed by atoms with Crippen molar-refractivity contribution in [1.82, 2.24) is 20.9 Å². The first-order valence-corrected chi connectivity index (χ1v) is 11.7. The van der Waals surface area contributed by atoms with E-state index < -0.39 is 30.0 Å². The minimum atomic E-state index is -1.13. The first-order valence-electron chi connectivity index (χ1n) is 11.7. The van der Waals surface area contributed by atoms with Crippen LogP contribution in [0.15, 0.2) is 30.3 Å². The van der Waals surface area contributed by atoms with Gasteiger partial charge in [-0.2, -0.15) is 0 Å². The predicted octanol–water partition coefficient (Wildman–Crippen LogP) is 0.682. The highest BCUT2D eigenvalue weighted by Gasteiger charge is 2.39. The lowest BCUT2D eigenvalue weighted by molar-refractivity contribution is -0.144. The summed E-state index contributed by atoms with van der Waals surface area (Å²) in [6.07, 6.45) is 3.16. The van der Waals surface area contributed by atoms with Gasteiger partial charge in [-0.3, -0.25) is 14.4 Å². The topological polar surface area (TPSA) is 128 Å². The largest absolute Gasteiger partial charge is 0.480 e. The summed E-state index contributed by atoms with van der Waals surface area (Å²) in [5, 5.41) is 18.0. The molecule has 0 aromatic heterocycles. The molecule has 9 heteroatoms. The quantitative estimate of drug-likeness (QED) is 0.431. The van der Waals surface area contributed by atoms with Crippen LogP contribution in [-0.4, -0.2) is 71.0 Å². The molecule has 4 N–H and O–H groups in total. The zero-order chi connectivity index (χ0) is 24.0. The van der Waals surface area contributed by atoms with Gasteiger partial charge in [0, 0.05) is 13.0 Å². The molecule has 4 atom stereocenters. The van der Waals surface area contributed by atoms with Gasteiger partial charge in [-0.1, -0.05) is 44.2 Å². The monoisotopic (exact) mass is 458 g/mol. The number of carboxylic acids is 1. The molecule has 4 unspecified atom stereocenters. The van der Waals surface area contributed by atoms with Gasteiger partial charge >= 0.3 is 5.97 Å². The molecule has 3 rings (SSSR count). The van der Waals surface area contributed by atoms with Crippen LogP contribution in [0.5, 0.6) is 0 Å². The number of hydrogen-bond acceptors (Lipinski definition) is 5. The van der Waals surface area contributed by atoms with E-state index in [0.717, 1.165) is 31.4 Å². The van der Waals surface area contributed by atoms with E-state index in [9.17, 15) is 24.3 Å². The second kappa shape index (κ2) is 11.3. The van der Waals surface area contributed by atoms with Gasteiger partial charge in [0.15, 0.2) is 0 Å². The molecule has 0 aliphatic carbocycles. The van der Waals surface area contributed by atoms with Crippen molar-refractivity contribution in [1.29, 1.82) is 0 Å². The minimum absolute atomic E-state index is 0.0695. The number of nitrogens with zero attached hydrogens (tertiary/aromatic N) is 1. The van der Waals surface area contributed by atoms with E-state index >= 15 is 0 Å². The van der Waals surface area contributed by atoms with Crippen molar-refractivity contribution in [2.45, 2.75) is 70.1 Å². The standard InChI is InChI=1S/C24H34N4O5/c1-15(2)20(24(32)33)27-21(29)18(14-16-8-4-3-5-9-16)26-22(30)19-11-7-13-28(19)23(31)17-10-6-12-25-17/h3-5,8-9,15,17-20,25H,6-7,10-14H2,1-2H3,(H,26,30)(H,27,29)(H,32,33). The SMILES string of the molecule is CC(C)C(NC(=O)C(Cc1ccccc1)NC(=O)C1CCCN1C(=O)C1CCCN1)C(=O)O. The van der Waals surface area contributed by atoms with Gasteiger partial charge in [0.05, 0.1) is 6.04 Å². The Morgan fingerprint density at radius 1 is 1.09 bits per heavy atom. The zero-order valence-electron chi connectivity index (χ0n) is 19.3. The molecule has 180 valence electrons. The van der Waals surface area contributed by atoms with E-state index in [2.05, 4.69) is 16.0 Å². The van der Waals surface area contributed by atoms with Crippen molar-refractivity contribution in [2.24, 2.45) is 5.92 Å². The lowest BCUT2D eigenvalue weighted by Gasteiger charge is -2.29. The van der Waals surface area contributed by atoms with Gasteiger partial charge in [0.25, 0.3) is 0 Å². The Morgan fingerprint density at radius 2 is 1.82 bits per heavy atom. The predicted molar refractivity (Wildman–Crippen MR) is 122 cm³/mol. The van der Waals surface area contributed by atoms with Crippen molar-refractivity contribution < 1.29 is 24.3 Å². The van der Waals surface area contributed by atoms with Crippen molar-refractivity contribution >= 4 is 23.7 Å². The van der Waals surface area contributed by atoms with E-state index in [1.54, 1.807) is 18.7 Å². The van der Waals surface area contributed by atoms with Crippen LogP contribution in [0.25, 0.3) is 0 Å². The lowest BCUT2D eigenvalue weighted by atomic mass is 10.0. The van der Waals surface area contributed by atoms with Gasteiger partial charge in [0.2, 0.25) is 17.7 Å².